The number of amidine groups is 1. The zero-order chi connectivity index (χ0) is 12.0. The van der Waals surface area contributed by atoms with Gasteiger partial charge in [0.05, 0.1) is 6.54 Å². The highest BCUT2D eigenvalue weighted by molar-refractivity contribution is 5.92. The van der Waals surface area contributed by atoms with Crippen LogP contribution in [-0.2, 0) is 0 Å². The lowest BCUT2D eigenvalue weighted by molar-refractivity contribution is 0.227. The lowest BCUT2D eigenvalue weighted by Gasteiger charge is -2.16. The largest absolute Gasteiger partial charge is 0.409 e. The van der Waals surface area contributed by atoms with Crippen LogP contribution in [0.3, 0.4) is 0 Å². The van der Waals surface area contributed by atoms with Gasteiger partial charge >= 0.3 is 6.03 Å². The first-order valence-corrected chi connectivity index (χ1v) is 4.67. The van der Waals surface area contributed by atoms with Crippen LogP contribution in [0.25, 0.3) is 0 Å². The van der Waals surface area contributed by atoms with Crippen molar-refractivity contribution in [1.82, 2.24) is 4.90 Å². The highest BCUT2D eigenvalue weighted by Gasteiger charge is 2.09. The number of hydrogen-bond acceptors (Lipinski definition) is 3. The first kappa shape index (κ1) is 11.8. The van der Waals surface area contributed by atoms with E-state index in [0.29, 0.717) is 5.69 Å². The Morgan fingerprint density at radius 2 is 2.12 bits per heavy atom. The third kappa shape index (κ3) is 3.49. The van der Waals surface area contributed by atoms with E-state index in [4.69, 9.17) is 10.9 Å². The topological polar surface area (TPSA) is 90.9 Å². The van der Waals surface area contributed by atoms with Gasteiger partial charge < -0.3 is 21.2 Å². The Morgan fingerprint density at radius 1 is 1.50 bits per heavy atom. The van der Waals surface area contributed by atoms with Crippen LogP contribution in [0.4, 0.5) is 10.5 Å². The number of nitrogens with one attached hydrogen (secondary N) is 1. The van der Waals surface area contributed by atoms with Crippen molar-refractivity contribution >= 4 is 17.6 Å². The molecule has 0 aliphatic rings. The number of likely N-dealkylation sites (N-methyl/N-ethyl adjacent to an activating group) is 1. The maximum atomic E-state index is 11.6. The summed E-state index contributed by atoms with van der Waals surface area (Å²) in [5.74, 6) is -0.0225. The van der Waals surface area contributed by atoms with Crippen molar-refractivity contribution in [3.63, 3.8) is 0 Å². The second-order valence-corrected chi connectivity index (χ2v) is 3.24. The summed E-state index contributed by atoms with van der Waals surface area (Å²) >= 11 is 0. The summed E-state index contributed by atoms with van der Waals surface area (Å²) in [4.78, 5) is 12.9. The number of oxime groups is 1. The van der Waals surface area contributed by atoms with Crippen LogP contribution in [0.15, 0.2) is 35.5 Å². The Balaban J connectivity index is 2.53. The fourth-order valence-electron chi connectivity index (χ4n) is 1.09. The van der Waals surface area contributed by atoms with E-state index in [-0.39, 0.29) is 18.4 Å². The van der Waals surface area contributed by atoms with Crippen molar-refractivity contribution in [2.45, 2.75) is 0 Å². The van der Waals surface area contributed by atoms with Crippen molar-refractivity contribution in [2.24, 2.45) is 10.9 Å². The molecule has 0 aromatic heterocycles. The minimum atomic E-state index is -0.321. The van der Waals surface area contributed by atoms with Gasteiger partial charge in [0.25, 0.3) is 0 Å². The number of nitrogens with zero attached hydrogens (tertiary/aromatic N) is 2. The summed E-state index contributed by atoms with van der Waals surface area (Å²) in [5, 5.41) is 13.8. The van der Waals surface area contributed by atoms with Crippen molar-refractivity contribution in [2.75, 3.05) is 18.9 Å². The molecule has 0 saturated carbocycles. The summed E-state index contributed by atoms with van der Waals surface area (Å²) in [6, 6.07) is 8.72. The zero-order valence-corrected chi connectivity index (χ0v) is 8.92. The lowest BCUT2D eigenvalue weighted by Crippen LogP contribution is -2.38. The van der Waals surface area contributed by atoms with Gasteiger partial charge in [0, 0.05) is 12.7 Å². The molecule has 6 heteroatoms. The molecule has 0 radical (unpaired) electrons. The van der Waals surface area contributed by atoms with Crippen molar-refractivity contribution in [3.05, 3.63) is 30.3 Å². The van der Waals surface area contributed by atoms with Gasteiger partial charge in [-0.2, -0.15) is 0 Å². The Bertz CT molecular complexity index is 378. The number of para-hydroxylation sites is 1. The van der Waals surface area contributed by atoms with E-state index in [0.717, 1.165) is 0 Å². The maximum absolute atomic E-state index is 11.6. The summed E-state index contributed by atoms with van der Waals surface area (Å²) in [5.41, 5.74) is 5.98. The van der Waals surface area contributed by atoms with Crippen molar-refractivity contribution < 1.29 is 10.0 Å². The van der Waals surface area contributed by atoms with E-state index in [1.807, 2.05) is 18.2 Å². The first-order valence-electron chi connectivity index (χ1n) is 4.67. The molecule has 0 saturated heterocycles. The minimum absolute atomic E-state index is 0.0225. The minimum Gasteiger partial charge on any atom is -0.409 e. The van der Waals surface area contributed by atoms with Gasteiger partial charge in [-0.25, -0.2) is 4.79 Å². The average Bonchev–Trinajstić information content (AvgIpc) is 2.30. The summed E-state index contributed by atoms with van der Waals surface area (Å²) in [6.07, 6.45) is 0. The van der Waals surface area contributed by atoms with Crippen LogP contribution in [0.1, 0.15) is 0 Å². The molecule has 0 fully saturated rings. The molecule has 16 heavy (non-hydrogen) atoms. The van der Waals surface area contributed by atoms with E-state index in [9.17, 15) is 4.79 Å². The first-order chi connectivity index (χ1) is 7.63. The molecule has 0 spiro atoms. The maximum Gasteiger partial charge on any atom is 0.321 e. The molecule has 0 unspecified atom stereocenters. The van der Waals surface area contributed by atoms with Gasteiger partial charge in [0.15, 0.2) is 5.84 Å². The molecule has 1 aromatic rings. The molecule has 1 aromatic carbocycles. The number of anilines is 1. The van der Waals surface area contributed by atoms with Gasteiger partial charge in [-0.3, -0.25) is 0 Å². The van der Waals surface area contributed by atoms with Gasteiger partial charge in [-0.05, 0) is 12.1 Å². The Labute approximate surface area is 93.3 Å². The number of urea groups is 1. The number of rotatable bonds is 3. The lowest BCUT2D eigenvalue weighted by atomic mass is 10.3. The van der Waals surface area contributed by atoms with Gasteiger partial charge in [0.1, 0.15) is 0 Å². The molecule has 0 aliphatic carbocycles. The second-order valence-electron chi connectivity index (χ2n) is 3.24. The van der Waals surface area contributed by atoms with Gasteiger partial charge in [0.2, 0.25) is 0 Å². The quantitative estimate of drug-likeness (QED) is 0.307. The Morgan fingerprint density at radius 3 is 2.69 bits per heavy atom. The van der Waals surface area contributed by atoms with E-state index in [1.54, 1.807) is 19.2 Å². The van der Waals surface area contributed by atoms with Crippen LogP contribution in [0, 0.1) is 0 Å². The van der Waals surface area contributed by atoms with Crippen molar-refractivity contribution in [1.29, 1.82) is 0 Å². The fourth-order valence-corrected chi connectivity index (χ4v) is 1.09. The highest BCUT2D eigenvalue weighted by Crippen LogP contribution is 2.05. The Hall–Kier alpha value is -2.24. The predicted molar refractivity (Wildman–Crippen MR) is 61.5 cm³/mol. The normalized spacial score (nSPS) is 10.9. The molecule has 1 rings (SSSR count). The van der Waals surface area contributed by atoms with Crippen LogP contribution in [0.2, 0.25) is 0 Å². The zero-order valence-electron chi connectivity index (χ0n) is 8.92. The predicted octanol–water partition coefficient (Wildman–Crippen LogP) is 0.897. The third-order valence-corrected chi connectivity index (χ3v) is 1.90. The van der Waals surface area contributed by atoms with Crippen LogP contribution in [-0.4, -0.2) is 35.6 Å². The standard InChI is InChI=1S/C10H14N4O2/c1-14(7-9(11)13-16)10(15)12-8-5-3-2-4-6-8/h2-6,16H,7H2,1H3,(H2,11,13)(H,12,15). The van der Waals surface area contributed by atoms with Crippen LogP contribution in [0.5, 0.6) is 0 Å². The number of nitrogens with two attached hydrogens (primary N) is 1. The fraction of sp³-hybridized carbons (Fsp3) is 0.200. The molecule has 0 heterocycles. The summed E-state index contributed by atoms with van der Waals surface area (Å²) in [6.45, 7) is 0.0646. The van der Waals surface area contributed by atoms with Crippen LogP contribution >= 0.6 is 0 Å². The number of amides is 2. The smallest absolute Gasteiger partial charge is 0.321 e. The summed E-state index contributed by atoms with van der Waals surface area (Å²) < 4.78 is 0. The van der Waals surface area contributed by atoms with E-state index < -0.39 is 0 Å². The average molecular weight is 222 g/mol. The van der Waals surface area contributed by atoms with Crippen LogP contribution < -0.4 is 11.1 Å². The molecule has 6 nitrogen and oxygen atoms in total. The number of carbonyl (C=O) groups is 1. The molecule has 0 atom stereocenters. The summed E-state index contributed by atoms with van der Waals surface area (Å²) in [7, 11) is 1.55. The van der Waals surface area contributed by atoms with E-state index in [1.165, 1.54) is 4.90 Å². The third-order valence-electron chi connectivity index (χ3n) is 1.90. The SMILES string of the molecule is CN(CC(N)=NO)C(=O)Nc1ccccc1. The molecular weight excluding hydrogens is 208 g/mol. The highest BCUT2D eigenvalue weighted by atomic mass is 16.4. The molecule has 0 bridgehead atoms. The molecular formula is C10H14N4O2. The number of carbonyl (C=O) groups excluding carboxylic acids is 1. The number of benzene rings is 1. The molecule has 2 amide bonds. The van der Waals surface area contributed by atoms with E-state index >= 15 is 0 Å². The molecule has 0 aliphatic heterocycles. The van der Waals surface area contributed by atoms with Gasteiger partial charge in [-0.15, -0.1) is 0 Å². The van der Waals surface area contributed by atoms with E-state index in [2.05, 4.69) is 10.5 Å². The second kappa shape index (κ2) is 5.59. The monoisotopic (exact) mass is 222 g/mol. The molecule has 86 valence electrons. The Kier molecular flexibility index (Phi) is 4.14. The van der Waals surface area contributed by atoms with Gasteiger partial charge in [-0.1, -0.05) is 23.4 Å². The van der Waals surface area contributed by atoms with Crippen molar-refractivity contribution in [3.8, 4) is 0 Å². The number of hydrogen-bond donors (Lipinski definition) is 3. The molecule has 4 N–H and O–H groups in total.